The monoisotopic (exact) mass is 266 g/mol. The highest BCUT2D eigenvalue weighted by Gasteiger charge is 1.99. The van der Waals surface area contributed by atoms with Gasteiger partial charge in [0.05, 0.1) is 6.54 Å². The van der Waals surface area contributed by atoms with Gasteiger partial charge in [0.25, 0.3) is 0 Å². The number of aromatic nitrogens is 1. The Morgan fingerprint density at radius 1 is 1.15 bits per heavy atom. The lowest BCUT2D eigenvalue weighted by atomic mass is 10.2. The molecule has 0 atom stereocenters. The average Bonchev–Trinajstić information content (AvgIpc) is 2.52. The molecule has 1 N–H and O–H groups in total. The van der Waals surface area contributed by atoms with Crippen LogP contribution in [0, 0.1) is 11.8 Å². The molecule has 0 aliphatic rings. The highest BCUT2D eigenvalue weighted by Crippen LogP contribution is 2.00. The second-order valence-corrected chi connectivity index (χ2v) is 3.93. The standard InChI is InChI=1S/C16H14N2O2/c19-16(20-13-14-7-2-1-3-8-14)18-12-6-10-15-9-4-5-11-17-15/h1-5,7-9,11H,12-13H2,(H,18,19). The van der Waals surface area contributed by atoms with E-state index in [4.69, 9.17) is 4.74 Å². The molecule has 0 saturated heterocycles. The molecule has 1 heterocycles. The SMILES string of the molecule is O=C(NCC#Cc1ccccn1)OCc1ccccc1. The maximum Gasteiger partial charge on any atom is 0.408 e. The molecule has 20 heavy (non-hydrogen) atoms. The summed E-state index contributed by atoms with van der Waals surface area (Å²) in [6.45, 7) is 0.477. The van der Waals surface area contributed by atoms with Gasteiger partial charge in [0.1, 0.15) is 12.3 Å². The molecule has 0 aliphatic heterocycles. The van der Waals surface area contributed by atoms with Crippen LogP contribution in [0.5, 0.6) is 0 Å². The molecule has 0 bridgehead atoms. The molecule has 0 aliphatic carbocycles. The Balaban J connectivity index is 1.70. The maximum atomic E-state index is 11.4. The summed E-state index contributed by atoms with van der Waals surface area (Å²) in [6.07, 6.45) is 1.19. The summed E-state index contributed by atoms with van der Waals surface area (Å²) < 4.78 is 5.05. The molecule has 1 amide bonds. The van der Waals surface area contributed by atoms with Crippen molar-refractivity contribution in [1.82, 2.24) is 10.3 Å². The van der Waals surface area contributed by atoms with Crippen LogP contribution in [-0.4, -0.2) is 17.6 Å². The number of rotatable bonds is 3. The molecule has 0 unspecified atom stereocenters. The third-order valence-corrected chi connectivity index (χ3v) is 2.42. The third-order valence-electron chi connectivity index (χ3n) is 2.42. The number of ether oxygens (including phenoxy) is 1. The summed E-state index contributed by atoms with van der Waals surface area (Å²) in [5, 5.41) is 2.56. The van der Waals surface area contributed by atoms with Crippen molar-refractivity contribution in [1.29, 1.82) is 0 Å². The number of nitrogens with one attached hydrogen (secondary N) is 1. The first kappa shape index (κ1) is 13.6. The first-order chi connectivity index (χ1) is 9.84. The van der Waals surface area contributed by atoms with E-state index in [1.807, 2.05) is 42.5 Å². The predicted octanol–water partition coefficient (Wildman–Crippen LogP) is 2.36. The molecule has 0 saturated carbocycles. The Bertz CT molecular complexity index is 601. The first-order valence-electron chi connectivity index (χ1n) is 6.19. The van der Waals surface area contributed by atoms with Gasteiger partial charge in [0.15, 0.2) is 0 Å². The normalized spacial score (nSPS) is 9.20. The summed E-state index contributed by atoms with van der Waals surface area (Å²) in [7, 11) is 0. The topological polar surface area (TPSA) is 51.2 Å². The quantitative estimate of drug-likeness (QED) is 0.868. The molecule has 4 heteroatoms. The number of hydrogen-bond donors (Lipinski definition) is 1. The van der Waals surface area contributed by atoms with Crippen LogP contribution in [0.1, 0.15) is 11.3 Å². The Kier molecular flexibility index (Phi) is 5.17. The lowest BCUT2D eigenvalue weighted by Gasteiger charge is -2.04. The molecule has 2 aromatic rings. The van der Waals surface area contributed by atoms with E-state index in [2.05, 4.69) is 22.1 Å². The minimum absolute atomic E-state index is 0.226. The number of nitrogens with zero attached hydrogens (tertiary/aromatic N) is 1. The van der Waals surface area contributed by atoms with Crippen molar-refractivity contribution in [3.8, 4) is 11.8 Å². The number of amides is 1. The average molecular weight is 266 g/mol. The first-order valence-corrected chi connectivity index (χ1v) is 6.19. The summed E-state index contributed by atoms with van der Waals surface area (Å²) in [6, 6.07) is 15.0. The Labute approximate surface area is 117 Å². The largest absolute Gasteiger partial charge is 0.445 e. The Morgan fingerprint density at radius 3 is 2.70 bits per heavy atom. The van der Waals surface area contributed by atoms with E-state index in [1.165, 1.54) is 0 Å². The van der Waals surface area contributed by atoms with E-state index in [0.717, 1.165) is 5.56 Å². The van der Waals surface area contributed by atoms with Crippen molar-refractivity contribution in [3.05, 3.63) is 66.0 Å². The van der Waals surface area contributed by atoms with Gasteiger partial charge in [0.2, 0.25) is 0 Å². The lowest BCUT2D eigenvalue weighted by molar-refractivity contribution is 0.141. The molecule has 1 aromatic carbocycles. The van der Waals surface area contributed by atoms with Gasteiger partial charge in [-0.25, -0.2) is 9.78 Å². The van der Waals surface area contributed by atoms with Gasteiger partial charge in [-0.2, -0.15) is 0 Å². The van der Waals surface area contributed by atoms with E-state index in [0.29, 0.717) is 5.69 Å². The van der Waals surface area contributed by atoms with Gasteiger partial charge < -0.3 is 10.1 Å². The van der Waals surface area contributed by atoms with Crippen LogP contribution in [-0.2, 0) is 11.3 Å². The van der Waals surface area contributed by atoms with Crippen LogP contribution < -0.4 is 5.32 Å². The van der Waals surface area contributed by atoms with Crippen LogP contribution >= 0.6 is 0 Å². The van der Waals surface area contributed by atoms with Gasteiger partial charge in [-0.3, -0.25) is 0 Å². The molecule has 4 nitrogen and oxygen atoms in total. The molecule has 1 aromatic heterocycles. The van der Waals surface area contributed by atoms with Crippen LogP contribution in [0.15, 0.2) is 54.7 Å². The number of carbonyl (C=O) groups excluding carboxylic acids is 1. The van der Waals surface area contributed by atoms with E-state index in [9.17, 15) is 4.79 Å². The minimum Gasteiger partial charge on any atom is -0.445 e. The maximum absolute atomic E-state index is 11.4. The second-order valence-electron chi connectivity index (χ2n) is 3.93. The smallest absolute Gasteiger partial charge is 0.408 e. The number of carbonyl (C=O) groups is 1. The van der Waals surface area contributed by atoms with Gasteiger partial charge in [-0.15, -0.1) is 0 Å². The van der Waals surface area contributed by atoms with Gasteiger partial charge in [-0.05, 0) is 23.6 Å². The summed E-state index contributed by atoms with van der Waals surface area (Å²) in [4.78, 5) is 15.5. The van der Waals surface area contributed by atoms with Crippen LogP contribution in [0.3, 0.4) is 0 Å². The van der Waals surface area contributed by atoms with Crippen LogP contribution in [0.2, 0.25) is 0 Å². The second kappa shape index (κ2) is 7.59. The van der Waals surface area contributed by atoms with Crippen molar-refractivity contribution >= 4 is 6.09 Å². The molecule has 0 radical (unpaired) electrons. The fourth-order valence-electron chi connectivity index (χ4n) is 1.46. The van der Waals surface area contributed by atoms with E-state index in [-0.39, 0.29) is 13.2 Å². The number of alkyl carbamates (subject to hydrolysis) is 1. The van der Waals surface area contributed by atoms with Gasteiger partial charge in [-0.1, -0.05) is 42.3 Å². The third kappa shape index (κ3) is 4.83. The summed E-state index contributed by atoms with van der Waals surface area (Å²) >= 11 is 0. The van der Waals surface area contributed by atoms with E-state index in [1.54, 1.807) is 12.3 Å². The highest BCUT2D eigenvalue weighted by molar-refractivity contribution is 5.67. The van der Waals surface area contributed by atoms with Crippen molar-refractivity contribution < 1.29 is 9.53 Å². The molecule has 2 rings (SSSR count). The molecular weight excluding hydrogens is 252 g/mol. The zero-order valence-electron chi connectivity index (χ0n) is 10.9. The van der Waals surface area contributed by atoms with Crippen LogP contribution in [0.4, 0.5) is 4.79 Å². The fraction of sp³-hybridized carbons (Fsp3) is 0.125. The van der Waals surface area contributed by atoms with Crippen LogP contribution in [0.25, 0.3) is 0 Å². The summed E-state index contributed by atoms with van der Waals surface area (Å²) in [5.41, 5.74) is 1.62. The molecule has 100 valence electrons. The minimum atomic E-state index is -0.482. The summed E-state index contributed by atoms with van der Waals surface area (Å²) in [5.74, 6) is 5.65. The van der Waals surface area contributed by atoms with Crippen molar-refractivity contribution in [3.63, 3.8) is 0 Å². The van der Waals surface area contributed by atoms with Gasteiger partial charge in [0, 0.05) is 6.20 Å². The van der Waals surface area contributed by atoms with Crippen molar-refractivity contribution in [2.75, 3.05) is 6.54 Å². The lowest BCUT2D eigenvalue weighted by Crippen LogP contribution is -2.24. The molecule has 0 fully saturated rings. The number of pyridine rings is 1. The van der Waals surface area contributed by atoms with E-state index >= 15 is 0 Å². The van der Waals surface area contributed by atoms with Gasteiger partial charge >= 0.3 is 6.09 Å². The fourth-order valence-corrected chi connectivity index (χ4v) is 1.46. The van der Waals surface area contributed by atoms with Crippen molar-refractivity contribution in [2.45, 2.75) is 6.61 Å². The zero-order valence-corrected chi connectivity index (χ0v) is 10.9. The number of benzene rings is 1. The van der Waals surface area contributed by atoms with E-state index < -0.39 is 6.09 Å². The molecule has 0 spiro atoms. The molecular formula is C16H14N2O2. The Morgan fingerprint density at radius 2 is 1.95 bits per heavy atom. The Hall–Kier alpha value is -2.80. The zero-order chi connectivity index (χ0) is 14.0. The van der Waals surface area contributed by atoms with Crippen molar-refractivity contribution in [2.24, 2.45) is 0 Å². The highest BCUT2D eigenvalue weighted by atomic mass is 16.5. The predicted molar refractivity (Wildman–Crippen MR) is 75.7 cm³/mol. The number of hydrogen-bond acceptors (Lipinski definition) is 3.